The fourth-order valence-electron chi connectivity index (χ4n) is 1.59. The van der Waals surface area contributed by atoms with Crippen LogP contribution in [0.5, 0.6) is 0 Å². The van der Waals surface area contributed by atoms with Gasteiger partial charge in [-0.3, -0.25) is 0 Å². The van der Waals surface area contributed by atoms with Crippen LogP contribution in [-0.2, 0) is 4.74 Å². The second kappa shape index (κ2) is 5.75. The molecule has 3 N–H and O–H groups in total. The van der Waals surface area contributed by atoms with Crippen LogP contribution in [0.25, 0.3) is 0 Å². The maximum Gasteiger partial charge on any atom is 0.0666 e. The Morgan fingerprint density at radius 1 is 1.38 bits per heavy atom. The summed E-state index contributed by atoms with van der Waals surface area (Å²) in [6.07, 6.45) is 0. The van der Waals surface area contributed by atoms with Crippen molar-refractivity contribution in [3.05, 3.63) is 23.8 Å². The van der Waals surface area contributed by atoms with Crippen LogP contribution in [0.3, 0.4) is 0 Å². The van der Waals surface area contributed by atoms with E-state index >= 15 is 0 Å². The zero-order valence-corrected chi connectivity index (χ0v) is 10.6. The van der Waals surface area contributed by atoms with Gasteiger partial charge in [0.05, 0.1) is 24.0 Å². The maximum absolute atomic E-state index is 5.96. The van der Waals surface area contributed by atoms with Gasteiger partial charge in [0.1, 0.15) is 0 Å². The van der Waals surface area contributed by atoms with E-state index in [1.807, 2.05) is 19.1 Å². The average molecular weight is 222 g/mol. The van der Waals surface area contributed by atoms with E-state index in [1.54, 1.807) is 7.11 Å². The van der Waals surface area contributed by atoms with Crippen LogP contribution in [0.15, 0.2) is 18.2 Å². The van der Waals surface area contributed by atoms with Gasteiger partial charge in [0.15, 0.2) is 0 Å². The Morgan fingerprint density at radius 2 is 2.06 bits per heavy atom. The normalized spacial score (nSPS) is 12.8. The zero-order chi connectivity index (χ0) is 12.1. The number of ether oxygens (including phenoxy) is 1. The van der Waals surface area contributed by atoms with Gasteiger partial charge >= 0.3 is 0 Å². The van der Waals surface area contributed by atoms with Gasteiger partial charge in [-0.25, -0.2) is 0 Å². The lowest BCUT2D eigenvalue weighted by Crippen LogP contribution is -2.30. The van der Waals surface area contributed by atoms with Crippen LogP contribution in [-0.4, -0.2) is 19.8 Å². The zero-order valence-electron chi connectivity index (χ0n) is 10.6. The summed E-state index contributed by atoms with van der Waals surface area (Å²) in [6.45, 7) is 7.06. The van der Waals surface area contributed by atoms with E-state index in [0.29, 0.717) is 12.5 Å². The second-order valence-corrected chi connectivity index (χ2v) is 4.54. The molecule has 1 aromatic carbocycles. The van der Waals surface area contributed by atoms with Crippen LogP contribution in [0.1, 0.15) is 19.4 Å². The van der Waals surface area contributed by atoms with E-state index in [1.165, 1.54) is 5.56 Å². The molecule has 16 heavy (non-hydrogen) atoms. The fourth-order valence-corrected chi connectivity index (χ4v) is 1.59. The molecule has 0 aromatic heterocycles. The summed E-state index contributed by atoms with van der Waals surface area (Å²) >= 11 is 0. The smallest absolute Gasteiger partial charge is 0.0666 e. The Bertz CT molecular complexity index is 337. The summed E-state index contributed by atoms with van der Waals surface area (Å²) < 4.78 is 5.20. The summed E-state index contributed by atoms with van der Waals surface area (Å²) in [5, 5.41) is 3.42. The minimum absolute atomic E-state index is 0.287. The van der Waals surface area contributed by atoms with E-state index in [2.05, 4.69) is 25.2 Å². The molecule has 3 heteroatoms. The molecule has 0 fully saturated rings. The fraction of sp³-hybridized carbons (Fsp3) is 0.538. The lowest BCUT2D eigenvalue weighted by atomic mass is 10.0. The molecule has 1 rings (SSSR count). The molecular weight excluding hydrogens is 200 g/mol. The summed E-state index contributed by atoms with van der Waals surface area (Å²) in [7, 11) is 1.72. The standard InChI is InChI=1S/C13H22N2O/c1-9(2)13(8-16-4)15-12-6-5-10(3)7-11(12)14/h5-7,9,13,15H,8,14H2,1-4H3. The molecule has 1 aromatic rings. The second-order valence-electron chi connectivity index (χ2n) is 4.54. The molecule has 1 atom stereocenters. The van der Waals surface area contributed by atoms with E-state index in [4.69, 9.17) is 10.5 Å². The Kier molecular flexibility index (Phi) is 4.62. The molecule has 0 spiro atoms. The maximum atomic E-state index is 5.96. The van der Waals surface area contributed by atoms with Crippen LogP contribution in [0, 0.1) is 12.8 Å². The van der Waals surface area contributed by atoms with Gasteiger partial charge in [-0.05, 0) is 30.5 Å². The van der Waals surface area contributed by atoms with Crippen LogP contribution in [0.4, 0.5) is 11.4 Å². The van der Waals surface area contributed by atoms with E-state index in [9.17, 15) is 0 Å². The van der Waals surface area contributed by atoms with Crippen molar-refractivity contribution in [2.24, 2.45) is 5.92 Å². The summed E-state index contributed by atoms with van der Waals surface area (Å²) in [5.41, 5.74) is 8.92. The molecular formula is C13H22N2O. The number of nitrogen functional groups attached to an aromatic ring is 1. The van der Waals surface area contributed by atoms with Gasteiger partial charge in [-0.2, -0.15) is 0 Å². The van der Waals surface area contributed by atoms with Gasteiger partial charge in [-0.15, -0.1) is 0 Å². The molecule has 0 aliphatic rings. The van der Waals surface area contributed by atoms with Crippen molar-refractivity contribution in [1.82, 2.24) is 0 Å². The summed E-state index contributed by atoms with van der Waals surface area (Å²) in [5.74, 6) is 0.501. The van der Waals surface area contributed by atoms with E-state index < -0.39 is 0 Å². The van der Waals surface area contributed by atoms with Crippen molar-refractivity contribution in [1.29, 1.82) is 0 Å². The number of benzene rings is 1. The van der Waals surface area contributed by atoms with Gasteiger partial charge in [0.25, 0.3) is 0 Å². The number of hydrogen-bond acceptors (Lipinski definition) is 3. The van der Waals surface area contributed by atoms with Crippen molar-refractivity contribution in [2.75, 3.05) is 24.8 Å². The molecule has 0 aliphatic carbocycles. The van der Waals surface area contributed by atoms with E-state index in [0.717, 1.165) is 11.4 Å². The third kappa shape index (κ3) is 3.42. The topological polar surface area (TPSA) is 47.3 Å². The Morgan fingerprint density at radius 3 is 2.56 bits per heavy atom. The first-order valence-corrected chi connectivity index (χ1v) is 5.66. The highest BCUT2D eigenvalue weighted by Gasteiger charge is 2.13. The first kappa shape index (κ1) is 12.8. The third-order valence-electron chi connectivity index (χ3n) is 2.70. The van der Waals surface area contributed by atoms with Gasteiger partial charge in [0, 0.05) is 7.11 Å². The largest absolute Gasteiger partial charge is 0.397 e. The first-order chi connectivity index (χ1) is 7.54. The highest BCUT2D eigenvalue weighted by molar-refractivity contribution is 5.67. The van der Waals surface area contributed by atoms with Gasteiger partial charge in [-0.1, -0.05) is 19.9 Å². The molecule has 90 valence electrons. The summed E-state index contributed by atoms with van der Waals surface area (Å²) in [6, 6.07) is 6.35. The third-order valence-corrected chi connectivity index (χ3v) is 2.70. The van der Waals surface area contributed by atoms with Crippen LogP contribution >= 0.6 is 0 Å². The average Bonchev–Trinajstić information content (AvgIpc) is 2.20. The molecule has 0 saturated carbocycles. The summed E-state index contributed by atoms with van der Waals surface area (Å²) in [4.78, 5) is 0. The Hall–Kier alpha value is -1.22. The molecule has 3 nitrogen and oxygen atoms in total. The Balaban J connectivity index is 2.77. The molecule has 0 heterocycles. The number of rotatable bonds is 5. The first-order valence-electron chi connectivity index (χ1n) is 5.66. The quantitative estimate of drug-likeness (QED) is 0.753. The monoisotopic (exact) mass is 222 g/mol. The number of nitrogens with two attached hydrogens (primary N) is 1. The van der Waals surface area contributed by atoms with Gasteiger partial charge in [0.2, 0.25) is 0 Å². The Labute approximate surface area is 98.0 Å². The number of hydrogen-bond donors (Lipinski definition) is 2. The SMILES string of the molecule is COCC(Nc1ccc(C)cc1N)C(C)C. The lowest BCUT2D eigenvalue weighted by Gasteiger charge is -2.23. The van der Waals surface area contributed by atoms with Crippen LogP contribution in [0.2, 0.25) is 0 Å². The van der Waals surface area contributed by atoms with E-state index in [-0.39, 0.29) is 6.04 Å². The van der Waals surface area contributed by atoms with Crippen molar-refractivity contribution >= 4 is 11.4 Å². The van der Waals surface area contributed by atoms with Crippen molar-refractivity contribution in [3.8, 4) is 0 Å². The lowest BCUT2D eigenvalue weighted by molar-refractivity contribution is 0.171. The molecule has 0 radical (unpaired) electrons. The van der Waals surface area contributed by atoms with Gasteiger partial charge < -0.3 is 15.8 Å². The minimum Gasteiger partial charge on any atom is -0.397 e. The number of nitrogens with one attached hydrogen (secondary N) is 1. The molecule has 1 unspecified atom stereocenters. The number of aryl methyl sites for hydroxylation is 1. The predicted molar refractivity (Wildman–Crippen MR) is 69.7 cm³/mol. The number of methoxy groups -OCH3 is 1. The minimum atomic E-state index is 0.287. The number of anilines is 2. The van der Waals surface area contributed by atoms with Crippen LogP contribution < -0.4 is 11.1 Å². The van der Waals surface area contributed by atoms with Crippen molar-refractivity contribution in [3.63, 3.8) is 0 Å². The molecule has 0 bridgehead atoms. The predicted octanol–water partition coefficient (Wildman–Crippen LogP) is 2.66. The molecule has 0 saturated heterocycles. The molecule has 0 amide bonds. The highest BCUT2D eigenvalue weighted by atomic mass is 16.5. The molecule has 0 aliphatic heterocycles. The highest BCUT2D eigenvalue weighted by Crippen LogP contribution is 2.21. The van der Waals surface area contributed by atoms with Crippen molar-refractivity contribution < 1.29 is 4.74 Å². The van der Waals surface area contributed by atoms with Crippen molar-refractivity contribution in [2.45, 2.75) is 26.8 Å².